The van der Waals surface area contributed by atoms with Crippen LogP contribution in [0, 0.1) is 11.8 Å². The molecule has 0 amide bonds. The van der Waals surface area contributed by atoms with Crippen LogP contribution in [0.1, 0.15) is 124 Å². The van der Waals surface area contributed by atoms with Crippen LogP contribution < -0.4 is 15.4 Å². The molecule has 6 atom stereocenters. The van der Waals surface area contributed by atoms with Gasteiger partial charge in [-0.3, -0.25) is 14.9 Å². The number of fused-ring (bicyclic) bond motifs is 10. The Morgan fingerprint density at radius 2 is 1.76 bits per heavy atom. The maximum absolute atomic E-state index is 14.6. The zero-order valence-corrected chi connectivity index (χ0v) is 40.5. The van der Waals surface area contributed by atoms with E-state index in [1.54, 1.807) is 39.8 Å². The minimum Gasteiger partial charge on any atom is -0.508 e. The number of rotatable bonds is 14. The fourth-order valence-corrected chi connectivity index (χ4v) is 14.1. The molecule has 4 aromatic carbocycles. The van der Waals surface area contributed by atoms with E-state index in [1.807, 2.05) is 30.3 Å². The van der Waals surface area contributed by atoms with Gasteiger partial charge in [0.15, 0.2) is 11.5 Å². The highest BCUT2D eigenvalue weighted by atomic mass is 33.1. The standard InChI is InChI=1S/C53H68N2O10S2/c1-31(58)27-55-50-36(29-57)23-43(42-22-32(28-56)6-14-40(42)50)52(54-21-5-20-53(63)18-3-4-19-53)65-47-26-38(60)13-8-34-10-16-45(61)51(64-2)49(34)39-15-9-33-7-12-37(59)25-41(33)44(39)30-66-67-48-17-11-35(47)24-46(48)62/h7,9-10,12,15-16,23,25,32,35,46-48,52,54-57,59,61-63H,3-6,8,11,13-14,17-22,24,26-30H2,1-2H3/t32-,35-,46+,47+,48+,52+/m1/s1. The quantitative estimate of drug-likeness (QED) is 0.0340. The molecule has 0 unspecified atom stereocenters. The summed E-state index contributed by atoms with van der Waals surface area (Å²) in [5.41, 5.74) is 6.85. The summed E-state index contributed by atoms with van der Waals surface area (Å²) < 4.78 is 13.2. The number of hydrogen-bond donors (Lipinski definition) is 8. The van der Waals surface area contributed by atoms with Gasteiger partial charge >= 0.3 is 0 Å². The molecule has 2 fully saturated rings. The molecule has 2 bridgehead atoms. The lowest BCUT2D eigenvalue weighted by molar-refractivity contribution is -0.128. The van der Waals surface area contributed by atoms with E-state index in [1.165, 1.54) is 14.0 Å². The van der Waals surface area contributed by atoms with E-state index in [-0.39, 0.29) is 72.8 Å². The van der Waals surface area contributed by atoms with Crippen LogP contribution in [0.15, 0.2) is 48.5 Å². The molecule has 9 rings (SSSR count). The van der Waals surface area contributed by atoms with Crippen LogP contribution in [0.2, 0.25) is 0 Å². The maximum Gasteiger partial charge on any atom is 0.168 e. The van der Waals surface area contributed by atoms with Gasteiger partial charge in [-0.05, 0) is 164 Å². The third-order valence-corrected chi connectivity index (χ3v) is 17.7. The van der Waals surface area contributed by atoms with Crippen LogP contribution in [0.3, 0.4) is 0 Å². The predicted molar refractivity (Wildman–Crippen MR) is 266 cm³/mol. The van der Waals surface area contributed by atoms with Crippen molar-refractivity contribution in [2.75, 3.05) is 32.1 Å². The Balaban J connectivity index is 1.16. The number of benzene rings is 4. The zero-order valence-electron chi connectivity index (χ0n) is 38.9. The number of phenols is 2. The average molecular weight is 957 g/mol. The number of aryl methyl sites for hydroxylation is 1. The lowest BCUT2D eigenvalue weighted by Gasteiger charge is -2.39. The van der Waals surface area contributed by atoms with Crippen molar-refractivity contribution in [1.29, 1.82) is 0 Å². The van der Waals surface area contributed by atoms with E-state index in [9.17, 15) is 40.2 Å². The minimum absolute atomic E-state index is 0.00954. The Bertz CT molecular complexity index is 2410. The van der Waals surface area contributed by atoms with Gasteiger partial charge < -0.3 is 45.4 Å². The first kappa shape index (κ1) is 49.6. The van der Waals surface area contributed by atoms with Gasteiger partial charge in [-0.15, -0.1) is 0 Å². The molecule has 14 heteroatoms. The molecule has 0 radical (unpaired) electrons. The summed E-state index contributed by atoms with van der Waals surface area (Å²) in [4.78, 5) is 26.8. The molecular weight excluding hydrogens is 889 g/mol. The van der Waals surface area contributed by atoms with Crippen molar-refractivity contribution in [3.8, 4) is 28.4 Å². The highest BCUT2D eigenvalue weighted by Crippen LogP contribution is 2.48. The van der Waals surface area contributed by atoms with Crippen LogP contribution in [0.4, 0.5) is 5.69 Å². The lowest BCUT2D eigenvalue weighted by atomic mass is 9.79. The van der Waals surface area contributed by atoms with Crippen LogP contribution in [0.25, 0.3) is 21.9 Å². The van der Waals surface area contributed by atoms with E-state index < -0.39 is 24.0 Å². The fourth-order valence-electron chi connectivity index (χ4n) is 11.2. The fraction of sp³-hybridized carbons (Fsp3) is 0.547. The van der Waals surface area contributed by atoms with Crippen LogP contribution in [0.5, 0.6) is 17.2 Å². The second kappa shape index (κ2) is 22.3. The van der Waals surface area contributed by atoms with Crippen molar-refractivity contribution in [3.63, 3.8) is 0 Å². The lowest BCUT2D eigenvalue weighted by Crippen LogP contribution is -2.41. The molecule has 67 heavy (non-hydrogen) atoms. The number of aromatic hydroxyl groups is 2. The molecule has 362 valence electrons. The Kier molecular flexibility index (Phi) is 16.5. The highest BCUT2D eigenvalue weighted by Gasteiger charge is 2.39. The Hall–Kier alpha value is -3.86. The van der Waals surface area contributed by atoms with Gasteiger partial charge in [0.25, 0.3) is 0 Å². The average Bonchev–Trinajstić information content (AvgIpc) is 3.76. The molecule has 3 aliphatic carbocycles. The second-order valence-electron chi connectivity index (χ2n) is 19.4. The number of phenolic OH excluding ortho intramolecular Hbond substituents is 2. The Morgan fingerprint density at radius 3 is 2.51 bits per heavy atom. The van der Waals surface area contributed by atoms with Crippen molar-refractivity contribution < 1.29 is 49.7 Å². The third kappa shape index (κ3) is 11.4. The van der Waals surface area contributed by atoms with E-state index in [0.29, 0.717) is 74.1 Å². The molecule has 2 heterocycles. The number of Topliss-reactive ketones (excluding diaryl/α,β-unsaturated/α-hetero) is 2. The van der Waals surface area contributed by atoms with Crippen molar-refractivity contribution in [2.24, 2.45) is 11.8 Å². The smallest absolute Gasteiger partial charge is 0.168 e. The number of nitrogens with one attached hydrogen (secondary N) is 2. The topological polar surface area (TPSA) is 198 Å². The van der Waals surface area contributed by atoms with Gasteiger partial charge in [-0.2, -0.15) is 0 Å². The largest absolute Gasteiger partial charge is 0.508 e. The van der Waals surface area contributed by atoms with Crippen molar-refractivity contribution in [1.82, 2.24) is 5.32 Å². The number of anilines is 1. The number of aliphatic hydroxyl groups is 4. The Labute approximate surface area is 402 Å². The molecule has 2 aliphatic heterocycles. The monoisotopic (exact) mass is 956 g/mol. The van der Waals surface area contributed by atoms with Gasteiger partial charge in [-0.25, -0.2) is 0 Å². The van der Waals surface area contributed by atoms with E-state index in [4.69, 9.17) is 9.47 Å². The number of ketones is 2. The normalized spacial score (nSPS) is 23.6. The summed E-state index contributed by atoms with van der Waals surface area (Å²) >= 11 is 0. The van der Waals surface area contributed by atoms with Crippen LogP contribution in [-0.2, 0) is 45.9 Å². The molecular formula is C53H68N2O10S2. The molecule has 8 N–H and O–H groups in total. The summed E-state index contributed by atoms with van der Waals surface area (Å²) in [5, 5.41) is 75.0. The number of ether oxygens (including phenoxy) is 2. The van der Waals surface area contributed by atoms with Gasteiger partial charge in [0.05, 0.1) is 38.1 Å². The van der Waals surface area contributed by atoms with Crippen molar-refractivity contribution in [3.05, 3.63) is 81.9 Å². The van der Waals surface area contributed by atoms with Crippen molar-refractivity contribution in [2.45, 2.75) is 145 Å². The zero-order chi connectivity index (χ0) is 47.2. The van der Waals surface area contributed by atoms with Crippen molar-refractivity contribution >= 4 is 49.6 Å². The van der Waals surface area contributed by atoms with Gasteiger partial charge in [-0.1, -0.05) is 58.7 Å². The molecule has 2 saturated carbocycles. The van der Waals surface area contributed by atoms with Crippen LogP contribution >= 0.6 is 21.6 Å². The SMILES string of the molecule is COc1c(O)ccc2c1-c1ccc3ccc(O)cc3c1CSS[C@H]1CC[C@H](C[C@@H]1O)[C@@H](O[C@H](NCCCC1(O)CCCC1)c1cc(CO)c(NCC(C)=O)c3c1C[C@H](CO)CC3)CC(=O)CC2. The summed E-state index contributed by atoms with van der Waals surface area (Å²) in [6.45, 7) is 1.90. The van der Waals surface area contributed by atoms with E-state index in [2.05, 4.69) is 10.6 Å². The van der Waals surface area contributed by atoms with Crippen LogP contribution in [-0.4, -0.2) is 92.1 Å². The maximum atomic E-state index is 14.6. The molecule has 4 aromatic rings. The molecule has 5 aliphatic rings. The first-order chi connectivity index (χ1) is 32.4. The molecule has 0 aromatic heterocycles. The van der Waals surface area contributed by atoms with Gasteiger partial charge in [0.1, 0.15) is 23.5 Å². The number of carbonyl (C=O) groups is 2. The first-order valence-corrected chi connectivity index (χ1v) is 26.6. The minimum atomic E-state index is -0.724. The number of aliphatic hydroxyl groups excluding tert-OH is 3. The highest BCUT2D eigenvalue weighted by molar-refractivity contribution is 8.76. The molecule has 0 spiro atoms. The predicted octanol–water partition coefficient (Wildman–Crippen LogP) is 8.59. The first-order valence-electron chi connectivity index (χ1n) is 24.2. The van der Waals surface area contributed by atoms with E-state index in [0.717, 1.165) is 88.4 Å². The molecule has 12 nitrogen and oxygen atoms in total. The molecule has 0 saturated heterocycles. The summed E-state index contributed by atoms with van der Waals surface area (Å²) in [7, 11) is 4.83. The third-order valence-electron chi connectivity index (χ3n) is 14.8. The number of carbonyl (C=O) groups excluding carboxylic acids is 2. The van der Waals surface area contributed by atoms with Gasteiger partial charge in [0, 0.05) is 47.3 Å². The van der Waals surface area contributed by atoms with E-state index >= 15 is 0 Å². The van der Waals surface area contributed by atoms with Gasteiger partial charge in [0.2, 0.25) is 0 Å². The number of methoxy groups -OCH3 is 1. The number of hydrogen-bond acceptors (Lipinski definition) is 14. The summed E-state index contributed by atoms with van der Waals surface area (Å²) in [5.74, 6) is 0.801. The Morgan fingerprint density at radius 1 is 0.955 bits per heavy atom. The summed E-state index contributed by atoms with van der Waals surface area (Å²) in [6, 6.07) is 14.7. The summed E-state index contributed by atoms with van der Waals surface area (Å²) in [6.07, 6.45) is 7.48. The second-order valence-corrected chi connectivity index (χ2v) is 22.0.